The minimum absolute atomic E-state index is 0.180. The Labute approximate surface area is 152 Å². The SMILES string of the molecule is COCC1(C(=O)N2C[C@@H](CN3CCCN(C)CC3)[C@@H](CO)C2)CCC1. The molecule has 2 aliphatic heterocycles. The van der Waals surface area contributed by atoms with Crippen molar-refractivity contribution in [2.45, 2.75) is 25.7 Å². The number of hydrogen-bond donors (Lipinski definition) is 1. The molecule has 0 aromatic rings. The van der Waals surface area contributed by atoms with Gasteiger partial charge in [-0.3, -0.25) is 4.79 Å². The molecule has 2 atom stereocenters. The molecule has 1 saturated carbocycles. The monoisotopic (exact) mass is 353 g/mol. The highest BCUT2D eigenvalue weighted by atomic mass is 16.5. The van der Waals surface area contributed by atoms with Crippen molar-refractivity contribution >= 4 is 5.91 Å². The van der Waals surface area contributed by atoms with Crippen LogP contribution in [0.25, 0.3) is 0 Å². The molecule has 0 aromatic heterocycles. The first-order valence-electron chi connectivity index (χ1n) is 9.88. The Bertz CT molecular complexity index is 455. The minimum atomic E-state index is -0.283. The number of aliphatic hydroxyl groups is 1. The zero-order chi connectivity index (χ0) is 17.9. The summed E-state index contributed by atoms with van der Waals surface area (Å²) in [5.74, 6) is 0.860. The molecule has 6 heteroatoms. The van der Waals surface area contributed by atoms with Crippen molar-refractivity contribution < 1.29 is 14.6 Å². The average Bonchev–Trinajstić information content (AvgIpc) is 2.86. The Hall–Kier alpha value is -0.690. The molecule has 3 rings (SSSR count). The predicted octanol–water partition coefficient (Wildman–Crippen LogP) is 0.508. The van der Waals surface area contributed by atoms with Crippen molar-refractivity contribution in [2.75, 3.05) is 73.2 Å². The average molecular weight is 354 g/mol. The van der Waals surface area contributed by atoms with Gasteiger partial charge in [-0.2, -0.15) is 0 Å². The van der Waals surface area contributed by atoms with Crippen LogP contribution in [0.1, 0.15) is 25.7 Å². The summed E-state index contributed by atoms with van der Waals surface area (Å²) in [6.45, 7) is 7.70. The zero-order valence-corrected chi connectivity index (χ0v) is 16.0. The predicted molar refractivity (Wildman–Crippen MR) is 97.4 cm³/mol. The van der Waals surface area contributed by atoms with Crippen LogP contribution in [-0.4, -0.2) is 98.9 Å². The summed E-state index contributed by atoms with van der Waals surface area (Å²) in [6.07, 6.45) is 4.22. The Kier molecular flexibility index (Phi) is 6.36. The molecule has 6 nitrogen and oxygen atoms in total. The van der Waals surface area contributed by atoms with Gasteiger partial charge in [-0.25, -0.2) is 0 Å². The van der Waals surface area contributed by atoms with Crippen LogP contribution in [0.2, 0.25) is 0 Å². The third-order valence-electron chi connectivity index (χ3n) is 6.59. The molecule has 144 valence electrons. The topological polar surface area (TPSA) is 56.2 Å². The third-order valence-corrected chi connectivity index (χ3v) is 6.59. The highest BCUT2D eigenvalue weighted by Crippen LogP contribution is 2.44. The van der Waals surface area contributed by atoms with Gasteiger partial charge < -0.3 is 24.5 Å². The van der Waals surface area contributed by atoms with Crippen LogP contribution in [0, 0.1) is 17.3 Å². The number of likely N-dealkylation sites (tertiary alicyclic amines) is 1. The second-order valence-corrected chi connectivity index (χ2v) is 8.44. The first-order chi connectivity index (χ1) is 12.1. The molecular weight excluding hydrogens is 318 g/mol. The number of likely N-dealkylation sites (N-methyl/N-ethyl adjacent to an activating group) is 1. The maximum absolute atomic E-state index is 13.1. The molecule has 0 spiro atoms. The summed E-state index contributed by atoms with van der Waals surface area (Å²) < 4.78 is 5.35. The fourth-order valence-electron chi connectivity index (χ4n) is 4.77. The lowest BCUT2D eigenvalue weighted by molar-refractivity contribution is -0.151. The van der Waals surface area contributed by atoms with Crippen LogP contribution in [0.4, 0.5) is 0 Å². The number of aliphatic hydroxyl groups excluding tert-OH is 1. The molecule has 1 amide bonds. The van der Waals surface area contributed by atoms with Gasteiger partial charge in [0.15, 0.2) is 0 Å². The number of rotatable bonds is 6. The third kappa shape index (κ3) is 4.18. The lowest BCUT2D eigenvalue weighted by Gasteiger charge is -2.42. The molecule has 1 N–H and O–H groups in total. The van der Waals surface area contributed by atoms with Crippen molar-refractivity contribution in [3.05, 3.63) is 0 Å². The van der Waals surface area contributed by atoms with Gasteiger partial charge in [0.05, 0.1) is 12.0 Å². The van der Waals surface area contributed by atoms with E-state index in [2.05, 4.69) is 16.8 Å². The molecule has 25 heavy (non-hydrogen) atoms. The minimum Gasteiger partial charge on any atom is -0.396 e. The highest BCUT2D eigenvalue weighted by Gasteiger charge is 2.49. The number of ether oxygens (including phenoxy) is 1. The quantitative estimate of drug-likeness (QED) is 0.754. The Balaban J connectivity index is 1.59. The first-order valence-corrected chi connectivity index (χ1v) is 9.88. The van der Waals surface area contributed by atoms with Crippen molar-refractivity contribution in [1.29, 1.82) is 0 Å². The lowest BCUT2D eigenvalue weighted by Crippen LogP contribution is -2.50. The molecule has 1 aliphatic carbocycles. The van der Waals surface area contributed by atoms with Crippen LogP contribution in [-0.2, 0) is 9.53 Å². The number of hydrogen-bond acceptors (Lipinski definition) is 5. The molecule has 0 radical (unpaired) electrons. The Morgan fingerprint density at radius 1 is 1.12 bits per heavy atom. The van der Waals surface area contributed by atoms with Gasteiger partial charge in [-0.05, 0) is 45.3 Å². The fraction of sp³-hybridized carbons (Fsp3) is 0.947. The summed E-state index contributed by atoms with van der Waals surface area (Å²) in [5.41, 5.74) is -0.283. The van der Waals surface area contributed by atoms with E-state index >= 15 is 0 Å². The molecule has 3 fully saturated rings. The van der Waals surface area contributed by atoms with Gasteiger partial charge in [0.2, 0.25) is 5.91 Å². The molecular formula is C19H35N3O3. The standard InChI is InChI=1S/C19H35N3O3/c1-20-7-4-8-21(10-9-20)11-16-12-22(13-17(16)14-23)18(24)19(15-25-2)5-3-6-19/h16-17,23H,3-15H2,1-2H3/t16-,17-/m1/s1. The number of nitrogens with zero attached hydrogens (tertiary/aromatic N) is 3. The van der Waals surface area contributed by atoms with Gasteiger partial charge >= 0.3 is 0 Å². The largest absolute Gasteiger partial charge is 0.396 e. The highest BCUT2D eigenvalue weighted by molar-refractivity contribution is 5.84. The van der Waals surface area contributed by atoms with Gasteiger partial charge in [0, 0.05) is 52.4 Å². The van der Waals surface area contributed by atoms with E-state index in [1.54, 1.807) is 7.11 Å². The number of carbonyl (C=O) groups is 1. The lowest BCUT2D eigenvalue weighted by atomic mass is 9.68. The molecule has 2 heterocycles. The summed E-state index contributed by atoms with van der Waals surface area (Å²) in [7, 11) is 3.87. The Morgan fingerprint density at radius 3 is 2.52 bits per heavy atom. The van der Waals surface area contributed by atoms with Crippen LogP contribution in [0.5, 0.6) is 0 Å². The van der Waals surface area contributed by atoms with E-state index in [0.717, 1.165) is 58.5 Å². The van der Waals surface area contributed by atoms with Gasteiger partial charge in [-0.15, -0.1) is 0 Å². The van der Waals surface area contributed by atoms with Crippen molar-refractivity contribution in [3.8, 4) is 0 Å². The molecule has 0 aromatic carbocycles. The second kappa shape index (κ2) is 8.33. The van der Waals surface area contributed by atoms with Crippen LogP contribution in [0.15, 0.2) is 0 Å². The Morgan fingerprint density at radius 2 is 1.88 bits per heavy atom. The van der Waals surface area contributed by atoms with Gasteiger partial charge in [0.25, 0.3) is 0 Å². The molecule has 0 unspecified atom stereocenters. The molecule has 0 bridgehead atoms. The summed E-state index contributed by atoms with van der Waals surface area (Å²) in [5, 5.41) is 9.85. The van der Waals surface area contributed by atoms with E-state index in [1.165, 1.54) is 6.42 Å². The van der Waals surface area contributed by atoms with Crippen LogP contribution in [0.3, 0.4) is 0 Å². The van der Waals surface area contributed by atoms with Crippen LogP contribution < -0.4 is 0 Å². The van der Waals surface area contributed by atoms with Gasteiger partial charge in [-0.1, -0.05) is 6.42 Å². The van der Waals surface area contributed by atoms with Crippen molar-refractivity contribution in [3.63, 3.8) is 0 Å². The number of methoxy groups -OCH3 is 1. The fourth-order valence-corrected chi connectivity index (χ4v) is 4.77. The second-order valence-electron chi connectivity index (χ2n) is 8.44. The normalized spacial score (nSPS) is 30.9. The van der Waals surface area contributed by atoms with E-state index in [4.69, 9.17) is 4.74 Å². The summed E-state index contributed by atoms with van der Waals surface area (Å²) in [4.78, 5) is 20.0. The van der Waals surface area contributed by atoms with E-state index in [1.807, 2.05) is 4.90 Å². The first kappa shape index (κ1) is 19.1. The van der Waals surface area contributed by atoms with E-state index < -0.39 is 0 Å². The van der Waals surface area contributed by atoms with E-state index in [-0.39, 0.29) is 23.8 Å². The summed E-state index contributed by atoms with van der Waals surface area (Å²) >= 11 is 0. The number of carbonyl (C=O) groups excluding carboxylic acids is 1. The smallest absolute Gasteiger partial charge is 0.231 e. The van der Waals surface area contributed by atoms with Crippen molar-refractivity contribution in [2.24, 2.45) is 17.3 Å². The summed E-state index contributed by atoms with van der Waals surface area (Å²) in [6, 6.07) is 0. The zero-order valence-electron chi connectivity index (χ0n) is 16.0. The van der Waals surface area contributed by atoms with Crippen molar-refractivity contribution in [1.82, 2.24) is 14.7 Å². The number of amides is 1. The molecule has 2 saturated heterocycles. The maximum atomic E-state index is 13.1. The van der Waals surface area contributed by atoms with E-state index in [9.17, 15) is 9.90 Å². The molecule has 3 aliphatic rings. The van der Waals surface area contributed by atoms with E-state index in [0.29, 0.717) is 19.1 Å². The van der Waals surface area contributed by atoms with Crippen LogP contribution >= 0.6 is 0 Å². The van der Waals surface area contributed by atoms with Gasteiger partial charge in [0.1, 0.15) is 0 Å². The maximum Gasteiger partial charge on any atom is 0.231 e.